The van der Waals surface area contributed by atoms with Crippen LogP contribution in [0.2, 0.25) is 0 Å². The third kappa shape index (κ3) is 1.26. The van der Waals surface area contributed by atoms with Gasteiger partial charge in [0.1, 0.15) is 5.75 Å². The van der Waals surface area contributed by atoms with Crippen molar-refractivity contribution in [2.24, 2.45) is 0 Å². The number of carbonyl (C=O) groups is 2. The minimum Gasteiger partial charge on any atom is -0.506 e. The monoisotopic (exact) mass is 239 g/mol. The summed E-state index contributed by atoms with van der Waals surface area (Å²) in [5.74, 6) is -0.698. The van der Waals surface area contributed by atoms with Crippen molar-refractivity contribution in [3.63, 3.8) is 0 Å². The first-order valence-corrected chi connectivity index (χ1v) is 5.40. The average molecular weight is 239 g/mol. The maximum Gasteiger partial charge on any atom is 0.194 e. The lowest BCUT2D eigenvalue weighted by atomic mass is 9.84. The van der Waals surface area contributed by atoms with Gasteiger partial charge in [-0.05, 0) is 12.1 Å². The van der Waals surface area contributed by atoms with Gasteiger partial charge in [0.15, 0.2) is 11.6 Å². The van der Waals surface area contributed by atoms with Crippen LogP contribution in [0.5, 0.6) is 5.75 Å². The molecule has 0 radical (unpaired) electrons. The number of ketones is 2. The standard InChI is InChI=1S/C14H9NO3/c15-11-5-9-10(6-12(11)16)14(18)8-4-2-1-3-7(8)13(9)17/h1-6,16H,15H2. The molecule has 2 aromatic carbocycles. The van der Waals surface area contributed by atoms with Crippen molar-refractivity contribution in [1.82, 2.24) is 0 Å². The number of benzene rings is 2. The fraction of sp³-hybridized carbons (Fsp3) is 0. The van der Waals surface area contributed by atoms with Crippen molar-refractivity contribution >= 4 is 17.3 Å². The van der Waals surface area contributed by atoms with Gasteiger partial charge in [-0.2, -0.15) is 0 Å². The molecule has 3 N–H and O–H groups in total. The molecule has 0 amide bonds. The van der Waals surface area contributed by atoms with Crippen molar-refractivity contribution in [3.05, 3.63) is 58.7 Å². The molecule has 0 aromatic heterocycles. The lowest BCUT2D eigenvalue weighted by Gasteiger charge is -2.17. The smallest absolute Gasteiger partial charge is 0.194 e. The third-order valence-corrected chi connectivity index (χ3v) is 3.07. The molecule has 0 atom stereocenters. The van der Waals surface area contributed by atoms with E-state index in [9.17, 15) is 14.7 Å². The number of aromatic hydroxyl groups is 1. The fourth-order valence-electron chi connectivity index (χ4n) is 2.15. The van der Waals surface area contributed by atoms with Crippen molar-refractivity contribution in [2.75, 3.05) is 5.73 Å². The van der Waals surface area contributed by atoms with E-state index in [1.54, 1.807) is 24.3 Å². The van der Waals surface area contributed by atoms with Crippen LogP contribution in [0.25, 0.3) is 0 Å². The second kappa shape index (κ2) is 3.43. The molecule has 0 saturated carbocycles. The van der Waals surface area contributed by atoms with Crippen LogP contribution in [0.3, 0.4) is 0 Å². The summed E-state index contributed by atoms with van der Waals surface area (Å²) in [4.78, 5) is 24.4. The SMILES string of the molecule is Nc1cc2c(cc1O)C(=O)c1ccccc1C2=O. The molecule has 1 aliphatic carbocycles. The van der Waals surface area contributed by atoms with Crippen LogP contribution in [0.1, 0.15) is 31.8 Å². The van der Waals surface area contributed by atoms with Crippen LogP contribution in [0.15, 0.2) is 36.4 Å². The number of phenols is 1. The number of carbonyl (C=O) groups excluding carboxylic acids is 2. The maximum atomic E-state index is 12.2. The van der Waals surface area contributed by atoms with E-state index in [-0.39, 0.29) is 34.1 Å². The number of anilines is 1. The first-order valence-electron chi connectivity index (χ1n) is 5.40. The first kappa shape index (κ1) is 10.5. The van der Waals surface area contributed by atoms with Crippen molar-refractivity contribution < 1.29 is 14.7 Å². The van der Waals surface area contributed by atoms with Gasteiger partial charge < -0.3 is 10.8 Å². The predicted molar refractivity (Wildman–Crippen MR) is 65.8 cm³/mol. The number of nitrogens with two attached hydrogens (primary N) is 1. The summed E-state index contributed by atoms with van der Waals surface area (Å²) in [7, 11) is 0. The van der Waals surface area contributed by atoms with Crippen LogP contribution in [-0.2, 0) is 0 Å². The van der Waals surface area contributed by atoms with Crippen molar-refractivity contribution in [1.29, 1.82) is 0 Å². The van der Waals surface area contributed by atoms with Crippen LogP contribution >= 0.6 is 0 Å². The van der Waals surface area contributed by atoms with E-state index in [4.69, 9.17) is 5.73 Å². The second-order valence-electron chi connectivity index (χ2n) is 4.16. The summed E-state index contributed by atoms with van der Waals surface area (Å²) in [6.07, 6.45) is 0. The van der Waals surface area contributed by atoms with Crippen molar-refractivity contribution in [2.45, 2.75) is 0 Å². The number of phenolic OH excluding ortho intramolecular Hbond substituents is 1. The highest BCUT2D eigenvalue weighted by Crippen LogP contribution is 2.32. The lowest BCUT2D eigenvalue weighted by molar-refractivity contribution is 0.0979. The summed E-state index contributed by atoms with van der Waals surface area (Å²) in [5.41, 5.74) is 6.83. The summed E-state index contributed by atoms with van der Waals surface area (Å²) >= 11 is 0. The van der Waals surface area contributed by atoms with E-state index in [0.29, 0.717) is 11.1 Å². The number of fused-ring (bicyclic) bond motifs is 2. The van der Waals surface area contributed by atoms with Crippen LogP contribution in [0, 0.1) is 0 Å². The highest BCUT2D eigenvalue weighted by Gasteiger charge is 2.30. The number of hydrogen-bond donors (Lipinski definition) is 2. The maximum absolute atomic E-state index is 12.2. The Morgan fingerprint density at radius 2 is 1.33 bits per heavy atom. The summed E-state index contributed by atoms with van der Waals surface area (Å²) in [5, 5.41) is 9.54. The van der Waals surface area contributed by atoms with E-state index in [0.717, 1.165) is 0 Å². The Bertz CT molecular complexity index is 644. The number of rotatable bonds is 0. The van der Waals surface area contributed by atoms with Gasteiger partial charge in [-0.3, -0.25) is 9.59 Å². The van der Waals surface area contributed by atoms with Gasteiger partial charge in [-0.25, -0.2) is 0 Å². The van der Waals surface area contributed by atoms with Gasteiger partial charge in [-0.15, -0.1) is 0 Å². The summed E-state index contributed by atoms with van der Waals surface area (Å²) in [6, 6.07) is 9.22. The molecule has 0 fully saturated rings. The Morgan fingerprint density at radius 3 is 1.89 bits per heavy atom. The zero-order chi connectivity index (χ0) is 12.9. The Morgan fingerprint density at radius 1 is 0.833 bits per heavy atom. The lowest BCUT2D eigenvalue weighted by Crippen LogP contribution is -2.20. The highest BCUT2D eigenvalue weighted by atomic mass is 16.3. The van der Waals surface area contributed by atoms with Gasteiger partial charge in [0.2, 0.25) is 0 Å². The molecular formula is C14H9NO3. The van der Waals surface area contributed by atoms with Gasteiger partial charge in [0.25, 0.3) is 0 Å². The summed E-state index contributed by atoms with van der Waals surface area (Å²) in [6.45, 7) is 0. The molecule has 0 aliphatic heterocycles. The van der Waals surface area contributed by atoms with Gasteiger partial charge in [-0.1, -0.05) is 24.3 Å². The normalized spacial score (nSPS) is 13.1. The molecule has 4 heteroatoms. The second-order valence-corrected chi connectivity index (χ2v) is 4.16. The zero-order valence-electron chi connectivity index (χ0n) is 9.31. The minimum absolute atomic E-state index is 0.0919. The number of nitrogen functional groups attached to an aromatic ring is 1. The molecule has 4 nitrogen and oxygen atoms in total. The van der Waals surface area contributed by atoms with Crippen molar-refractivity contribution in [3.8, 4) is 5.75 Å². The summed E-state index contributed by atoms with van der Waals surface area (Å²) < 4.78 is 0. The molecule has 18 heavy (non-hydrogen) atoms. The topological polar surface area (TPSA) is 80.4 Å². The highest BCUT2D eigenvalue weighted by molar-refractivity contribution is 6.28. The van der Waals surface area contributed by atoms with Gasteiger partial charge in [0.05, 0.1) is 5.69 Å². The molecule has 0 heterocycles. The predicted octanol–water partition coefficient (Wildman–Crippen LogP) is 1.75. The fourth-order valence-corrected chi connectivity index (χ4v) is 2.15. The quantitative estimate of drug-likeness (QED) is 0.462. The van der Waals surface area contributed by atoms with E-state index in [1.807, 2.05) is 0 Å². The Hall–Kier alpha value is -2.62. The first-order chi connectivity index (χ1) is 8.59. The van der Waals surface area contributed by atoms with E-state index in [2.05, 4.69) is 0 Å². The Labute approximate surface area is 103 Å². The molecule has 88 valence electrons. The number of hydrogen-bond acceptors (Lipinski definition) is 4. The molecule has 1 aliphatic rings. The van der Waals surface area contributed by atoms with Crippen LogP contribution in [0.4, 0.5) is 5.69 Å². The molecule has 3 rings (SSSR count). The van der Waals surface area contributed by atoms with E-state index >= 15 is 0 Å². The molecular weight excluding hydrogens is 230 g/mol. The Kier molecular flexibility index (Phi) is 2.01. The molecule has 0 saturated heterocycles. The zero-order valence-corrected chi connectivity index (χ0v) is 9.31. The van der Waals surface area contributed by atoms with Crippen LogP contribution in [-0.4, -0.2) is 16.7 Å². The molecule has 0 spiro atoms. The van der Waals surface area contributed by atoms with Gasteiger partial charge >= 0.3 is 0 Å². The van der Waals surface area contributed by atoms with E-state index in [1.165, 1.54) is 12.1 Å². The molecule has 0 bridgehead atoms. The van der Waals surface area contributed by atoms with Gasteiger partial charge in [0, 0.05) is 22.3 Å². The minimum atomic E-state index is -0.268. The average Bonchev–Trinajstić information content (AvgIpc) is 2.38. The molecule has 2 aromatic rings. The largest absolute Gasteiger partial charge is 0.506 e. The van der Waals surface area contributed by atoms with Crippen LogP contribution < -0.4 is 5.73 Å². The Balaban J connectivity index is 2.34. The third-order valence-electron chi connectivity index (χ3n) is 3.07. The van der Waals surface area contributed by atoms with E-state index < -0.39 is 0 Å². The molecule has 0 unspecified atom stereocenters.